The van der Waals surface area contributed by atoms with Crippen LogP contribution >= 0.6 is 0 Å². The molecule has 6 nitrogen and oxygen atoms in total. The molecule has 3 N–H and O–H groups in total. The van der Waals surface area contributed by atoms with Crippen LogP contribution in [-0.2, 0) is 0 Å². The maximum absolute atomic E-state index is 10.4. The number of aliphatic hydroxyl groups is 1. The third-order valence-electron chi connectivity index (χ3n) is 3.59. The molecular weight excluding hydrogens is 254 g/mol. The van der Waals surface area contributed by atoms with E-state index in [0.717, 1.165) is 43.1 Å². The Morgan fingerprint density at radius 2 is 2.25 bits per heavy atom. The van der Waals surface area contributed by atoms with Crippen LogP contribution in [-0.4, -0.2) is 47.7 Å². The van der Waals surface area contributed by atoms with Gasteiger partial charge in [0.05, 0.1) is 12.4 Å². The lowest BCUT2D eigenvalue weighted by molar-refractivity contribution is -0.00456. The first-order valence-corrected chi connectivity index (χ1v) is 7.25. The molecule has 2 heterocycles. The molecule has 1 atom stereocenters. The SMILES string of the molecule is CCCN1CN(C(O)NC2=CCCC=N2)C(NC)=C1C. The molecule has 6 heteroatoms. The van der Waals surface area contributed by atoms with Crippen LogP contribution in [0.3, 0.4) is 0 Å². The lowest BCUT2D eigenvalue weighted by atomic mass is 10.3. The van der Waals surface area contributed by atoms with Gasteiger partial charge < -0.3 is 20.6 Å². The molecule has 0 spiro atoms. The van der Waals surface area contributed by atoms with Crippen LogP contribution in [0, 0.1) is 0 Å². The van der Waals surface area contributed by atoms with E-state index >= 15 is 0 Å². The number of hydrogen-bond acceptors (Lipinski definition) is 6. The van der Waals surface area contributed by atoms with Crippen molar-refractivity contribution in [2.24, 2.45) is 4.99 Å². The first-order valence-electron chi connectivity index (χ1n) is 7.25. The monoisotopic (exact) mass is 279 g/mol. The number of aliphatic imine (C=N–C) groups is 1. The Hall–Kier alpha value is -1.69. The first-order chi connectivity index (χ1) is 9.67. The van der Waals surface area contributed by atoms with Gasteiger partial charge in [-0.1, -0.05) is 6.92 Å². The Balaban J connectivity index is 2.04. The highest BCUT2D eigenvalue weighted by Gasteiger charge is 2.29. The van der Waals surface area contributed by atoms with Gasteiger partial charge >= 0.3 is 0 Å². The van der Waals surface area contributed by atoms with Crippen LogP contribution in [0.5, 0.6) is 0 Å². The molecule has 0 radical (unpaired) electrons. The fourth-order valence-corrected chi connectivity index (χ4v) is 2.57. The van der Waals surface area contributed by atoms with Crippen LogP contribution in [0.4, 0.5) is 0 Å². The fourth-order valence-electron chi connectivity index (χ4n) is 2.57. The zero-order valence-electron chi connectivity index (χ0n) is 12.6. The molecule has 0 aromatic rings. The van der Waals surface area contributed by atoms with E-state index in [4.69, 9.17) is 0 Å². The highest BCUT2D eigenvalue weighted by molar-refractivity contribution is 5.60. The average Bonchev–Trinajstić information content (AvgIpc) is 2.77. The number of allylic oxidation sites excluding steroid dienone is 2. The minimum atomic E-state index is -0.782. The summed E-state index contributed by atoms with van der Waals surface area (Å²) in [6.45, 7) is 5.90. The lowest BCUT2D eigenvalue weighted by Crippen LogP contribution is -2.47. The third-order valence-corrected chi connectivity index (χ3v) is 3.59. The molecule has 0 aromatic heterocycles. The van der Waals surface area contributed by atoms with Crippen molar-refractivity contribution >= 4 is 6.21 Å². The average molecular weight is 279 g/mol. The van der Waals surface area contributed by atoms with Gasteiger partial charge in [0.25, 0.3) is 0 Å². The van der Waals surface area contributed by atoms with E-state index in [2.05, 4.69) is 34.4 Å². The second-order valence-corrected chi connectivity index (χ2v) is 5.06. The summed E-state index contributed by atoms with van der Waals surface area (Å²) in [6, 6.07) is 0. The Morgan fingerprint density at radius 3 is 2.85 bits per heavy atom. The van der Waals surface area contributed by atoms with Crippen molar-refractivity contribution in [2.45, 2.75) is 39.5 Å². The fraction of sp³-hybridized carbons (Fsp3) is 0.643. The summed E-state index contributed by atoms with van der Waals surface area (Å²) >= 11 is 0. The van der Waals surface area contributed by atoms with E-state index in [9.17, 15) is 5.11 Å². The van der Waals surface area contributed by atoms with Crippen molar-refractivity contribution < 1.29 is 5.11 Å². The number of nitrogens with one attached hydrogen (secondary N) is 2. The standard InChI is InChI=1S/C14H25N5O/c1-4-9-18-10-19(13(15-3)11(18)2)14(20)17-12-7-5-6-8-16-12/h7-8,14-15,17,20H,4-6,9-10H2,1-3H3. The summed E-state index contributed by atoms with van der Waals surface area (Å²) in [5.41, 5.74) is 1.16. The van der Waals surface area contributed by atoms with Gasteiger partial charge in [0, 0.05) is 19.8 Å². The largest absolute Gasteiger partial charge is 0.373 e. The Kier molecular flexibility index (Phi) is 4.89. The highest BCUT2D eigenvalue weighted by Crippen LogP contribution is 2.23. The van der Waals surface area contributed by atoms with Crippen LogP contribution in [0.25, 0.3) is 0 Å². The number of aliphatic hydroxyl groups excluding tert-OH is 1. The van der Waals surface area contributed by atoms with Crippen molar-refractivity contribution in [1.29, 1.82) is 0 Å². The predicted molar refractivity (Wildman–Crippen MR) is 80.4 cm³/mol. The van der Waals surface area contributed by atoms with E-state index in [-0.39, 0.29) is 0 Å². The zero-order valence-corrected chi connectivity index (χ0v) is 12.6. The van der Waals surface area contributed by atoms with Gasteiger partial charge in [-0.05, 0) is 32.3 Å². The molecule has 0 bridgehead atoms. The molecule has 112 valence electrons. The van der Waals surface area contributed by atoms with Crippen molar-refractivity contribution in [3.63, 3.8) is 0 Å². The highest BCUT2D eigenvalue weighted by atomic mass is 16.3. The Morgan fingerprint density at radius 1 is 1.45 bits per heavy atom. The van der Waals surface area contributed by atoms with Crippen molar-refractivity contribution in [2.75, 3.05) is 20.3 Å². The maximum Gasteiger partial charge on any atom is 0.209 e. The minimum absolute atomic E-state index is 0.682. The molecule has 0 saturated carbocycles. The van der Waals surface area contributed by atoms with E-state index in [0.29, 0.717) is 6.67 Å². The van der Waals surface area contributed by atoms with Gasteiger partial charge in [-0.15, -0.1) is 0 Å². The van der Waals surface area contributed by atoms with Crippen molar-refractivity contribution in [1.82, 2.24) is 20.4 Å². The molecule has 0 fully saturated rings. The van der Waals surface area contributed by atoms with Crippen LogP contribution < -0.4 is 10.6 Å². The predicted octanol–water partition coefficient (Wildman–Crippen LogP) is 0.951. The molecule has 2 aliphatic heterocycles. The number of hydrogen-bond donors (Lipinski definition) is 3. The van der Waals surface area contributed by atoms with Gasteiger partial charge in [0.1, 0.15) is 11.6 Å². The van der Waals surface area contributed by atoms with Gasteiger partial charge in [-0.2, -0.15) is 0 Å². The Bertz CT molecular complexity index is 429. The summed E-state index contributed by atoms with van der Waals surface area (Å²) in [5, 5.41) is 16.6. The summed E-state index contributed by atoms with van der Waals surface area (Å²) in [5.74, 6) is 1.70. The van der Waals surface area contributed by atoms with Crippen molar-refractivity contribution in [3.8, 4) is 0 Å². The van der Waals surface area contributed by atoms with Gasteiger partial charge in [0.15, 0.2) is 0 Å². The lowest BCUT2D eigenvalue weighted by Gasteiger charge is -2.29. The maximum atomic E-state index is 10.4. The molecule has 20 heavy (non-hydrogen) atoms. The second kappa shape index (κ2) is 6.65. The molecule has 0 aliphatic carbocycles. The van der Waals surface area contributed by atoms with E-state index in [1.54, 1.807) is 0 Å². The summed E-state index contributed by atoms with van der Waals surface area (Å²) in [7, 11) is 1.88. The first kappa shape index (κ1) is 14.7. The molecule has 0 aromatic carbocycles. The van der Waals surface area contributed by atoms with Gasteiger partial charge in [-0.25, -0.2) is 4.99 Å². The number of rotatable bonds is 6. The normalized spacial score (nSPS) is 20.3. The van der Waals surface area contributed by atoms with Crippen LogP contribution in [0.15, 0.2) is 28.4 Å². The summed E-state index contributed by atoms with van der Waals surface area (Å²) in [4.78, 5) is 8.43. The molecule has 0 saturated heterocycles. The Labute approximate surface area is 120 Å². The molecular formula is C14H25N5O. The topological polar surface area (TPSA) is 63.1 Å². The van der Waals surface area contributed by atoms with Crippen LogP contribution in [0.2, 0.25) is 0 Å². The zero-order chi connectivity index (χ0) is 14.5. The third kappa shape index (κ3) is 3.07. The second-order valence-electron chi connectivity index (χ2n) is 5.06. The smallest absolute Gasteiger partial charge is 0.209 e. The summed E-state index contributed by atoms with van der Waals surface area (Å²) < 4.78 is 0. The van der Waals surface area contributed by atoms with Gasteiger partial charge in [-0.3, -0.25) is 4.90 Å². The van der Waals surface area contributed by atoms with E-state index < -0.39 is 6.35 Å². The van der Waals surface area contributed by atoms with Crippen LogP contribution in [0.1, 0.15) is 33.1 Å². The quantitative estimate of drug-likeness (QED) is 0.632. The van der Waals surface area contributed by atoms with E-state index in [1.165, 1.54) is 0 Å². The van der Waals surface area contributed by atoms with Crippen molar-refractivity contribution in [3.05, 3.63) is 23.4 Å². The molecule has 1 unspecified atom stereocenters. The molecule has 0 amide bonds. The molecule has 2 aliphatic rings. The van der Waals surface area contributed by atoms with Gasteiger partial charge in [0.2, 0.25) is 6.35 Å². The minimum Gasteiger partial charge on any atom is -0.373 e. The van der Waals surface area contributed by atoms with E-state index in [1.807, 2.05) is 24.2 Å². The summed E-state index contributed by atoms with van der Waals surface area (Å²) in [6.07, 6.45) is 6.13. The number of nitrogens with zero attached hydrogens (tertiary/aromatic N) is 3. The molecule has 2 rings (SSSR count).